The Morgan fingerprint density at radius 2 is 2.00 bits per heavy atom. The van der Waals surface area contributed by atoms with Crippen LogP contribution in [0.2, 0.25) is 0 Å². The molecular formula is C11H21F3N2O. The van der Waals surface area contributed by atoms with Crippen LogP contribution in [0, 0.1) is 5.41 Å². The Labute approximate surface area is 99.9 Å². The van der Waals surface area contributed by atoms with Gasteiger partial charge in [-0.15, -0.1) is 0 Å². The molecule has 0 aromatic carbocycles. The van der Waals surface area contributed by atoms with Crippen molar-refractivity contribution in [3.8, 4) is 0 Å². The molecule has 1 saturated carbocycles. The number of halogens is 3. The topological polar surface area (TPSA) is 47.3 Å². The van der Waals surface area contributed by atoms with E-state index in [0.29, 0.717) is 13.0 Å². The minimum absolute atomic E-state index is 0.0326. The molecule has 0 aromatic rings. The second-order valence-electron chi connectivity index (χ2n) is 5.24. The zero-order valence-electron chi connectivity index (χ0n) is 10.5. The molecule has 3 nitrogen and oxygen atoms in total. The summed E-state index contributed by atoms with van der Waals surface area (Å²) >= 11 is 0. The number of hydrogen-bond donors (Lipinski definition) is 2. The van der Waals surface area contributed by atoms with Gasteiger partial charge in [-0.2, -0.15) is 13.2 Å². The van der Waals surface area contributed by atoms with Gasteiger partial charge in [-0.1, -0.05) is 13.8 Å². The number of hydrogen-bond acceptors (Lipinski definition) is 3. The average Bonchev–Trinajstić information content (AvgIpc) is 2.15. The van der Waals surface area contributed by atoms with E-state index in [9.17, 15) is 13.2 Å². The summed E-state index contributed by atoms with van der Waals surface area (Å²) < 4.78 is 41.6. The molecule has 102 valence electrons. The minimum Gasteiger partial charge on any atom is -0.378 e. The van der Waals surface area contributed by atoms with Gasteiger partial charge in [0, 0.05) is 24.1 Å². The Kier molecular flexibility index (Phi) is 4.11. The van der Waals surface area contributed by atoms with Crippen LogP contribution in [0.5, 0.6) is 0 Å². The molecule has 2 atom stereocenters. The van der Waals surface area contributed by atoms with E-state index in [1.165, 1.54) is 0 Å². The van der Waals surface area contributed by atoms with Crippen LogP contribution in [0.3, 0.4) is 0 Å². The molecule has 0 spiro atoms. The van der Waals surface area contributed by atoms with Crippen LogP contribution in [0.1, 0.15) is 27.2 Å². The molecule has 3 N–H and O–H groups in total. The molecular weight excluding hydrogens is 233 g/mol. The third-order valence-corrected chi connectivity index (χ3v) is 3.77. The molecule has 2 unspecified atom stereocenters. The highest BCUT2D eigenvalue weighted by Crippen LogP contribution is 2.49. The summed E-state index contributed by atoms with van der Waals surface area (Å²) in [6.45, 7) is 5.53. The summed E-state index contributed by atoms with van der Waals surface area (Å²) in [4.78, 5) is 0. The first kappa shape index (κ1) is 14.7. The summed E-state index contributed by atoms with van der Waals surface area (Å²) in [5.74, 6) is 0. The fraction of sp³-hybridized carbons (Fsp3) is 1.00. The van der Waals surface area contributed by atoms with E-state index in [4.69, 9.17) is 10.5 Å². The predicted octanol–water partition coefficient (Wildman–Crippen LogP) is 1.67. The fourth-order valence-electron chi connectivity index (χ4n) is 2.23. The van der Waals surface area contributed by atoms with Gasteiger partial charge in [0.25, 0.3) is 0 Å². The highest BCUT2D eigenvalue weighted by molar-refractivity contribution is 5.14. The summed E-state index contributed by atoms with van der Waals surface area (Å²) in [7, 11) is 0. The van der Waals surface area contributed by atoms with E-state index < -0.39 is 18.3 Å². The lowest BCUT2D eigenvalue weighted by Gasteiger charge is -2.59. The standard InChI is InChI=1S/C11H21F3N2O/c1-4-17-8-5-10(15,9(8,2)3)6-16-7-11(12,13)14/h8,16H,4-7,15H2,1-3H3. The molecule has 0 heterocycles. The van der Waals surface area contributed by atoms with E-state index in [-0.39, 0.29) is 18.1 Å². The van der Waals surface area contributed by atoms with Crippen LogP contribution in [0.4, 0.5) is 13.2 Å². The maximum absolute atomic E-state index is 12.0. The minimum atomic E-state index is -4.19. The number of rotatable bonds is 5. The van der Waals surface area contributed by atoms with Crippen molar-refractivity contribution in [3.05, 3.63) is 0 Å². The molecule has 0 amide bonds. The maximum atomic E-state index is 12.0. The highest BCUT2D eigenvalue weighted by atomic mass is 19.4. The van der Waals surface area contributed by atoms with Gasteiger partial charge in [0.15, 0.2) is 0 Å². The number of nitrogens with two attached hydrogens (primary N) is 1. The second kappa shape index (κ2) is 4.74. The van der Waals surface area contributed by atoms with Gasteiger partial charge in [-0.3, -0.25) is 0 Å². The molecule has 0 aliphatic heterocycles. The third kappa shape index (κ3) is 3.11. The SMILES string of the molecule is CCOC1CC(N)(CNCC(F)(F)F)C1(C)C. The van der Waals surface area contributed by atoms with Crippen molar-refractivity contribution in [2.45, 2.75) is 45.0 Å². The fourth-order valence-corrected chi connectivity index (χ4v) is 2.23. The summed E-state index contributed by atoms with van der Waals surface area (Å²) in [6, 6.07) is 0. The Hall–Kier alpha value is -0.330. The second-order valence-corrected chi connectivity index (χ2v) is 5.24. The molecule has 0 saturated heterocycles. The van der Waals surface area contributed by atoms with E-state index in [2.05, 4.69) is 5.32 Å². The Morgan fingerprint density at radius 3 is 2.41 bits per heavy atom. The monoisotopic (exact) mass is 254 g/mol. The first-order valence-electron chi connectivity index (χ1n) is 5.80. The molecule has 0 bridgehead atoms. The van der Waals surface area contributed by atoms with Crippen molar-refractivity contribution in [2.75, 3.05) is 19.7 Å². The van der Waals surface area contributed by atoms with Gasteiger partial charge in [-0.25, -0.2) is 0 Å². The quantitative estimate of drug-likeness (QED) is 0.784. The van der Waals surface area contributed by atoms with Crippen LogP contribution < -0.4 is 11.1 Å². The number of nitrogens with one attached hydrogen (secondary N) is 1. The van der Waals surface area contributed by atoms with E-state index in [1.54, 1.807) is 0 Å². The van der Waals surface area contributed by atoms with Crippen LogP contribution >= 0.6 is 0 Å². The summed E-state index contributed by atoms with van der Waals surface area (Å²) in [6.07, 6.45) is -3.56. The normalized spacial score (nSPS) is 32.3. The predicted molar refractivity (Wildman–Crippen MR) is 59.7 cm³/mol. The lowest BCUT2D eigenvalue weighted by Crippen LogP contribution is -2.73. The van der Waals surface area contributed by atoms with Gasteiger partial charge in [0.2, 0.25) is 0 Å². The zero-order chi connectivity index (χ0) is 13.3. The molecule has 0 radical (unpaired) electrons. The molecule has 1 aliphatic rings. The van der Waals surface area contributed by atoms with E-state index in [0.717, 1.165) is 0 Å². The van der Waals surface area contributed by atoms with Crippen molar-refractivity contribution in [1.29, 1.82) is 0 Å². The van der Waals surface area contributed by atoms with Crippen LogP contribution in [-0.2, 0) is 4.74 Å². The first-order chi connectivity index (χ1) is 7.62. The van der Waals surface area contributed by atoms with E-state index in [1.807, 2.05) is 20.8 Å². The summed E-state index contributed by atoms with van der Waals surface area (Å²) in [5, 5.41) is 2.38. The Morgan fingerprint density at radius 1 is 1.41 bits per heavy atom. The molecule has 6 heteroatoms. The van der Waals surface area contributed by atoms with Crippen molar-refractivity contribution in [2.24, 2.45) is 11.1 Å². The van der Waals surface area contributed by atoms with Gasteiger partial charge < -0.3 is 15.8 Å². The third-order valence-electron chi connectivity index (χ3n) is 3.77. The van der Waals surface area contributed by atoms with E-state index >= 15 is 0 Å². The van der Waals surface area contributed by atoms with Crippen molar-refractivity contribution in [3.63, 3.8) is 0 Å². The smallest absolute Gasteiger partial charge is 0.378 e. The number of alkyl halides is 3. The lowest BCUT2D eigenvalue weighted by atomic mass is 9.54. The van der Waals surface area contributed by atoms with Crippen LogP contribution in [-0.4, -0.2) is 37.5 Å². The molecule has 1 fully saturated rings. The van der Waals surface area contributed by atoms with Gasteiger partial charge in [0.1, 0.15) is 0 Å². The van der Waals surface area contributed by atoms with Gasteiger partial charge in [-0.05, 0) is 13.3 Å². The Balaban J connectivity index is 2.44. The largest absolute Gasteiger partial charge is 0.401 e. The van der Waals surface area contributed by atoms with Crippen molar-refractivity contribution in [1.82, 2.24) is 5.32 Å². The first-order valence-corrected chi connectivity index (χ1v) is 5.80. The lowest BCUT2D eigenvalue weighted by molar-refractivity contribution is -0.154. The van der Waals surface area contributed by atoms with Crippen LogP contribution in [0.25, 0.3) is 0 Å². The summed E-state index contributed by atoms with van der Waals surface area (Å²) in [5.41, 5.74) is 5.19. The van der Waals surface area contributed by atoms with Crippen LogP contribution in [0.15, 0.2) is 0 Å². The molecule has 1 rings (SSSR count). The highest BCUT2D eigenvalue weighted by Gasteiger charge is 2.58. The maximum Gasteiger partial charge on any atom is 0.401 e. The molecule has 0 aromatic heterocycles. The van der Waals surface area contributed by atoms with Gasteiger partial charge >= 0.3 is 6.18 Å². The number of ether oxygens (including phenoxy) is 1. The van der Waals surface area contributed by atoms with Gasteiger partial charge in [0.05, 0.1) is 12.6 Å². The Bertz CT molecular complexity index is 268. The molecule has 17 heavy (non-hydrogen) atoms. The molecule has 1 aliphatic carbocycles. The zero-order valence-corrected chi connectivity index (χ0v) is 10.5. The van der Waals surface area contributed by atoms with Crippen molar-refractivity contribution < 1.29 is 17.9 Å². The van der Waals surface area contributed by atoms with Crippen molar-refractivity contribution >= 4 is 0 Å². The average molecular weight is 254 g/mol.